The molecule has 0 atom stereocenters. The molecule has 2 N–H and O–H groups in total. The third-order valence-electron chi connectivity index (χ3n) is 2.21. The fourth-order valence-electron chi connectivity index (χ4n) is 1.48. The predicted octanol–water partition coefficient (Wildman–Crippen LogP) is 0.748. The molecular formula is C10H9ClN2O3. The molecule has 1 aromatic carbocycles. The number of rotatable bonds is 2. The van der Waals surface area contributed by atoms with Gasteiger partial charge in [-0.15, -0.1) is 0 Å². The Kier molecular flexibility index (Phi) is 2.80. The molecule has 0 amide bonds. The zero-order chi connectivity index (χ0) is 11.7. The number of phenols is 1. The number of phenolic OH excluding ortho intramolecular Hbond substituents is 1. The Morgan fingerprint density at radius 2 is 2.19 bits per heavy atom. The lowest BCUT2D eigenvalue weighted by atomic mass is 10.2. The lowest BCUT2D eigenvalue weighted by molar-refractivity contribution is 0.274. The van der Waals surface area contributed by atoms with E-state index in [1.54, 1.807) is 0 Å². The van der Waals surface area contributed by atoms with Crippen LogP contribution in [0.15, 0.2) is 23.0 Å². The highest BCUT2D eigenvalue weighted by molar-refractivity contribution is 6.28. The van der Waals surface area contributed by atoms with Gasteiger partial charge in [0.25, 0.3) is 5.56 Å². The third kappa shape index (κ3) is 1.75. The zero-order valence-electron chi connectivity index (χ0n) is 8.22. The van der Waals surface area contributed by atoms with Gasteiger partial charge in [-0.3, -0.25) is 9.36 Å². The molecule has 0 saturated carbocycles. The van der Waals surface area contributed by atoms with Crippen molar-refractivity contribution in [2.24, 2.45) is 0 Å². The fraction of sp³-hybridized carbons (Fsp3) is 0.200. The van der Waals surface area contributed by atoms with Crippen LogP contribution in [-0.2, 0) is 6.54 Å². The van der Waals surface area contributed by atoms with Gasteiger partial charge in [-0.2, -0.15) is 0 Å². The van der Waals surface area contributed by atoms with Crippen molar-refractivity contribution in [1.82, 2.24) is 9.55 Å². The minimum atomic E-state index is -0.375. The molecular weight excluding hydrogens is 232 g/mol. The van der Waals surface area contributed by atoms with E-state index in [0.717, 1.165) is 4.57 Å². The highest BCUT2D eigenvalue weighted by Crippen LogP contribution is 2.17. The van der Waals surface area contributed by atoms with Crippen LogP contribution in [0.1, 0.15) is 0 Å². The molecule has 16 heavy (non-hydrogen) atoms. The Bertz CT molecular complexity index is 594. The van der Waals surface area contributed by atoms with Gasteiger partial charge < -0.3 is 10.2 Å². The molecule has 0 radical (unpaired) electrons. The van der Waals surface area contributed by atoms with Crippen LogP contribution < -0.4 is 5.56 Å². The highest BCUT2D eigenvalue weighted by atomic mass is 35.5. The molecule has 2 aromatic rings. The molecule has 1 heterocycles. The lowest BCUT2D eigenvalue weighted by Gasteiger charge is -2.07. The molecule has 5 nitrogen and oxygen atoms in total. The molecule has 0 aliphatic carbocycles. The predicted molar refractivity (Wildman–Crippen MR) is 59.8 cm³/mol. The maximum Gasteiger partial charge on any atom is 0.262 e. The summed E-state index contributed by atoms with van der Waals surface area (Å²) in [6.07, 6.45) is 0. The largest absolute Gasteiger partial charge is 0.508 e. The normalized spacial score (nSPS) is 10.9. The van der Waals surface area contributed by atoms with Crippen LogP contribution in [0.2, 0.25) is 5.28 Å². The van der Waals surface area contributed by atoms with Crippen molar-refractivity contribution in [3.63, 3.8) is 0 Å². The molecule has 0 aliphatic rings. The second-order valence-corrected chi connectivity index (χ2v) is 3.60. The van der Waals surface area contributed by atoms with Crippen molar-refractivity contribution in [2.45, 2.75) is 6.54 Å². The second-order valence-electron chi connectivity index (χ2n) is 3.26. The van der Waals surface area contributed by atoms with E-state index in [2.05, 4.69) is 4.98 Å². The number of aliphatic hydroxyl groups is 1. The average molecular weight is 241 g/mol. The van der Waals surface area contributed by atoms with E-state index in [0.29, 0.717) is 5.52 Å². The van der Waals surface area contributed by atoms with E-state index in [9.17, 15) is 9.90 Å². The van der Waals surface area contributed by atoms with Gasteiger partial charge in [0, 0.05) is 0 Å². The van der Waals surface area contributed by atoms with Gasteiger partial charge in [0.2, 0.25) is 5.28 Å². The van der Waals surface area contributed by atoms with Crippen LogP contribution in [0.3, 0.4) is 0 Å². The van der Waals surface area contributed by atoms with E-state index in [1.165, 1.54) is 18.2 Å². The number of nitrogens with zero attached hydrogens (tertiary/aromatic N) is 2. The number of hydrogen-bond acceptors (Lipinski definition) is 4. The van der Waals surface area contributed by atoms with Gasteiger partial charge in [0.1, 0.15) is 5.75 Å². The van der Waals surface area contributed by atoms with Gasteiger partial charge in [0.15, 0.2) is 0 Å². The molecule has 6 heteroatoms. The summed E-state index contributed by atoms with van der Waals surface area (Å²) >= 11 is 5.81. The first-order chi connectivity index (χ1) is 7.63. The minimum Gasteiger partial charge on any atom is -0.508 e. The van der Waals surface area contributed by atoms with E-state index < -0.39 is 0 Å². The van der Waals surface area contributed by atoms with Gasteiger partial charge in [-0.25, -0.2) is 4.98 Å². The van der Waals surface area contributed by atoms with Crippen LogP contribution in [-0.4, -0.2) is 26.4 Å². The van der Waals surface area contributed by atoms with Crippen LogP contribution in [0, 0.1) is 0 Å². The Morgan fingerprint density at radius 1 is 1.44 bits per heavy atom. The SMILES string of the molecule is O=c1c2cc(O)ccc2nc(Cl)n1CCO. The molecule has 1 aromatic heterocycles. The monoisotopic (exact) mass is 240 g/mol. The minimum absolute atomic E-state index is 0.00993. The fourth-order valence-corrected chi connectivity index (χ4v) is 1.73. The molecule has 0 aliphatic heterocycles. The summed E-state index contributed by atoms with van der Waals surface area (Å²) in [5.74, 6) is -0.00993. The summed E-state index contributed by atoms with van der Waals surface area (Å²) in [7, 11) is 0. The second kappa shape index (κ2) is 4.11. The van der Waals surface area contributed by atoms with E-state index in [4.69, 9.17) is 16.7 Å². The van der Waals surface area contributed by atoms with Crippen LogP contribution in [0.4, 0.5) is 0 Å². The molecule has 0 spiro atoms. The lowest BCUT2D eigenvalue weighted by Crippen LogP contribution is -2.23. The number of benzene rings is 1. The van der Waals surface area contributed by atoms with Crippen LogP contribution >= 0.6 is 11.6 Å². The van der Waals surface area contributed by atoms with Crippen molar-refractivity contribution in [3.8, 4) is 5.75 Å². The number of hydrogen-bond donors (Lipinski definition) is 2. The maximum atomic E-state index is 11.9. The summed E-state index contributed by atoms with van der Waals surface area (Å²) in [5.41, 5.74) is 0.0435. The van der Waals surface area contributed by atoms with Crippen molar-refractivity contribution >= 4 is 22.5 Å². The topological polar surface area (TPSA) is 75.3 Å². The summed E-state index contributed by atoms with van der Waals surface area (Å²) < 4.78 is 1.16. The Morgan fingerprint density at radius 3 is 2.88 bits per heavy atom. The van der Waals surface area contributed by atoms with Crippen LogP contribution in [0.5, 0.6) is 5.75 Å². The van der Waals surface area contributed by atoms with Crippen LogP contribution in [0.25, 0.3) is 10.9 Å². The van der Waals surface area contributed by atoms with Gasteiger partial charge in [-0.05, 0) is 29.8 Å². The highest BCUT2D eigenvalue weighted by Gasteiger charge is 2.09. The first-order valence-electron chi connectivity index (χ1n) is 4.63. The number of fused-ring (bicyclic) bond motifs is 1. The first kappa shape index (κ1) is 10.9. The Hall–Kier alpha value is -1.59. The van der Waals surface area contributed by atoms with Gasteiger partial charge in [-0.1, -0.05) is 0 Å². The summed E-state index contributed by atoms with van der Waals surface area (Å²) in [6, 6.07) is 4.28. The number of halogens is 1. The summed E-state index contributed by atoms with van der Waals surface area (Å²) in [4.78, 5) is 15.9. The first-order valence-corrected chi connectivity index (χ1v) is 5.01. The summed E-state index contributed by atoms with van der Waals surface area (Å²) in [5, 5.41) is 18.4. The smallest absolute Gasteiger partial charge is 0.262 e. The quantitative estimate of drug-likeness (QED) is 0.760. The number of aromatic nitrogens is 2. The molecule has 0 fully saturated rings. The number of aliphatic hydroxyl groups excluding tert-OH is 1. The van der Waals surface area contributed by atoms with Crippen molar-refractivity contribution in [2.75, 3.05) is 6.61 Å². The van der Waals surface area contributed by atoms with Crippen molar-refractivity contribution < 1.29 is 10.2 Å². The average Bonchev–Trinajstić information content (AvgIpc) is 2.26. The zero-order valence-corrected chi connectivity index (χ0v) is 8.98. The molecule has 2 rings (SSSR count). The standard InChI is InChI=1S/C10H9ClN2O3/c11-10-12-8-2-1-6(15)5-7(8)9(16)13(10)3-4-14/h1-2,5,14-15H,3-4H2. The van der Waals surface area contributed by atoms with Gasteiger partial charge >= 0.3 is 0 Å². The Labute approximate surface area is 95.5 Å². The van der Waals surface area contributed by atoms with E-state index >= 15 is 0 Å². The molecule has 84 valence electrons. The molecule has 0 saturated heterocycles. The molecule has 0 bridgehead atoms. The maximum absolute atomic E-state index is 11.9. The van der Waals surface area contributed by atoms with Crippen molar-refractivity contribution in [3.05, 3.63) is 33.8 Å². The van der Waals surface area contributed by atoms with Crippen molar-refractivity contribution in [1.29, 1.82) is 0 Å². The van der Waals surface area contributed by atoms with Gasteiger partial charge in [0.05, 0.1) is 24.1 Å². The van der Waals surface area contributed by atoms with E-state index in [1.807, 2.05) is 0 Å². The number of aromatic hydroxyl groups is 1. The third-order valence-corrected chi connectivity index (χ3v) is 2.50. The summed E-state index contributed by atoms with van der Waals surface area (Å²) in [6.45, 7) is -0.123. The van der Waals surface area contributed by atoms with E-state index in [-0.39, 0.29) is 35.1 Å². The Balaban J connectivity index is 2.80. The molecule has 0 unspecified atom stereocenters.